The van der Waals surface area contributed by atoms with E-state index < -0.39 is 0 Å². The van der Waals surface area contributed by atoms with Crippen molar-refractivity contribution in [2.75, 3.05) is 7.11 Å². The smallest absolute Gasteiger partial charge is 0.123 e. The van der Waals surface area contributed by atoms with Crippen molar-refractivity contribution in [1.82, 2.24) is 15.1 Å². The zero-order valence-corrected chi connectivity index (χ0v) is 16.0. The van der Waals surface area contributed by atoms with Gasteiger partial charge in [0.05, 0.1) is 19.3 Å². The molecule has 3 rings (SSSR count). The standard InChI is InChI=1S/C22H27N3O/c1-16-10-11-22(26-4)20(12-16)13-23-14-21-17(2)24-25(18(21)3)15-19-8-6-5-7-9-19/h5-12,23H,13-15H2,1-4H3. The maximum absolute atomic E-state index is 5.46. The first-order chi connectivity index (χ1) is 12.6. The Labute approximate surface area is 155 Å². The van der Waals surface area contributed by atoms with Gasteiger partial charge in [0.1, 0.15) is 5.75 Å². The van der Waals surface area contributed by atoms with Gasteiger partial charge in [0.15, 0.2) is 0 Å². The second kappa shape index (κ2) is 8.19. The van der Waals surface area contributed by atoms with Crippen molar-refractivity contribution in [3.63, 3.8) is 0 Å². The fourth-order valence-electron chi connectivity index (χ4n) is 3.27. The Hall–Kier alpha value is -2.59. The molecule has 0 aliphatic heterocycles. The highest BCUT2D eigenvalue weighted by atomic mass is 16.5. The summed E-state index contributed by atoms with van der Waals surface area (Å²) in [5.74, 6) is 0.927. The second-order valence-corrected chi connectivity index (χ2v) is 6.71. The van der Waals surface area contributed by atoms with Crippen molar-refractivity contribution in [1.29, 1.82) is 0 Å². The molecule has 0 fully saturated rings. The molecule has 0 saturated carbocycles. The van der Waals surface area contributed by atoms with Crippen LogP contribution < -0.4 is 10.1 Å². The van der Waals surface area contributed by atoms with Crippen LogP contribution in [0.5, 0.6) is 5.75 Å². The van der Waals surface area contributed by atoms with Crippen LogP contribution in [0, 0.1) is 20.8 Å². The minimum atomic E-state index is 0.771. The first-order valence-electron chi connectivity index (χ1n) is 8.99. The summed E-state index contributed by atoms with van der Waals surface area (Å²) in [5.41, 5.74) is 7.26. The number of methoxy groups -OCH3 is 1. The number of aromatic nitrogens is 2. The summed E-state index contributed by atoms with van der Waals surface area (Å²) in [6, 6.07) is 16.7. The summed E-state index contributed by atoms with van der Waals surface area (Å²) in [6.07, 6.45) is 0. The molecule has 4 heteroatoms. The highest BCUT2D eigenvalue weighted by molar-refractivity contribution is 5.37. The lowest BCUT2D eigenvalue weighted by Gasteiger charge is -2.11. The van der Waals surface area contributed by atoms with Crippen LogP contribution in [0.3, 0.4) is 0 Å². The number of hydrogen-bond donors (Lipinski definition) is 1. The molecule has 0 saturated heterocycles. The molecule has 4 nitrogen and oxygen atoms in total. The molecule has 2 aromatic carbocycles. The Morgan fingerprint density at radius 2 is 1.77 bits per heavy atom. The molecule has 3 aromatic rings. The average molecular weight is 349 g/mol. The summed E-state index contributed by atoms with van der Waals surface area (Å²) in [7, 11) is 1.72. The van der Waals surface area contributed by atoms with Crippen LogP contribution in [0.4, 0.5) is 0 Å². The van der Waals surface area contributed by atoms with Gasteiger partial charge in [0, 0.05) is 29.9 Å². The van der Waals surface area contributed by atoms with E-state index in [2.05, 4.69) is 67.2 Å². The first-order valence-corrected chi connectivity index (χ1v) is 8.99. The number of aryl methyl sites for hydroxylation is 2. The SMILES string of the molecule is COc1ccc(C)cc1CNCc1c(C)nn(Cc2ccccc2)c1C. The van der Waals surface area contributed by atoms with E-state index in [9.17, 15) is 0 Å². The van der Waals surface area contributed by atoms with Gasteiger partial charge in [-0.3, -0.25) is 4.68 Å². The molecule has 0 aliphatic rings. The van der Waals surface area contributed by atoms with Crippen LogP contribution in [0.2, 0.25) is 0 Å². The summed E-state index contributed by atoms with van der Waals surface area (Å²) < 4.78 is 7.56. The predicted molar refractivity (Wildman–Crippen MR) is 106 cm³/mol. The highest BCUT2D eigenvalue weighted by Gasteiger charge is 2.12. The van der Waals surface area contributed by atoms with E-state index in [1.165, 1.54) is 27.9 Å². The molecular weight excluding hydrogens is 322 g/mol. The summed E-state index contributed by atoms with van der Waals surface area (Å²) in [6.45, 7) is 8.70. The van der Waals surface area contributed by atoms with Crippen LogP contribution in [0.1, 0.15) is 33.6 Å². The molecule has 0 bridgehead atoms. The van der Waals surface area contributed by atoms with Gasteiger partial charge in [0.2, 0.25) is 0 Å². The Bertz CT molecular complexity index is 869. The molecular formula is C22H27N3O. The van der Waals surface area contributed by atoms with Gasteiger partial charge in [-0.15, -0.1) is 0 Å². The number of rotatable bonds is 7. The van der Waals surface area contributed by atoms with Gasteiger partial charge in [-0.25, -0.2) is 0 Å². The largest absolute Gasteiger partial charge is 0.496 e. The van der Waals surface area contributed by atoms with E-state index in [0.717, 1.165) is 31.1 Å². The minimum absolute atomic E-state index is 0.771. The van der Waals surface area contributed by atoms with Crippen LogP contribution in [-0.2, 0) is 19.6 Å². The van der Waals surface area contributed by atoms with E-state index in [1.54, 1.807) is 7.11 Å². The molecule has 136 valence electrons. The summed E-state index contributed by atoms with van der Waals surface area (Å²) in [5, 5.41) is 8.28. The molecule has 0 spiro atoms. The maximum Gasteiger partial charge on any atom is 0.123 e. The third-order valence-electron chi connectivity index (χ3n) is 4.76. The zero-order chi connectivity index (χ0) is 18.5. The minimum Gasteiger partial charge on any atom is -0.496 e. The number of nitrogens with one attached hydrogen (secondary N) is 1. The molecule has 0 unspecified atom stereocenters. The molecule has 0 amide bonds. The average Bonchev–Trinajstić information content (AvgIpc) is 2.90. The van der Waals surface area contributed by atoms with Crippen molar-refractivity contribution in [2.45, 2.75) is 40.4 Å². The van der Waals surface area contributed by atoms with Crippen LogP contribution in [0.25, 0.3) is 0 Å². The lowest BCUT2D eigenvalue weighted by molar-refractivity contribution is 0.407. The topological polar surface area (TPSA) is 39.1 Å². The molecule has 0 atom stereocenters. The third-order valence-corrected chi connectivity index (χ3v) is 4.76. The molecule has 26 heavy (non-hydrogen) atoms. The number of ether oxygens (including phenoxy) is 1. The molecule has 1 aromatic heterocycles. The number of nitrogens with zero attached hydrogens (tertiary/aromatic N) is 2. The van der Waals surface area contributed by atoms with Gasteiger partial charge in [-0.1, -0.05) is 48.0 Å². The van der Waals surface area contributed by atoms with Gasteiger partial charge in [0.25, 0.3) is 0 Å². The Morgan fingerprint density at radius 3 is 2.50 bits per heavy atom. The summed E-state index contributed by atoms with van der Waals surface area (Å²) >= 11 is 0. The van der Waals surface area contributed by atoms with Crippen LogP contribution >= 0.6 is 0 Å². The van der Waals surface area contributed by atoms with E-state index >= 15 is 0 Å². The van der Waals surface area contributed by atoms with E-state index in [1.807, 2.05) is 12.1 Å². The lowest BCUT2D eigenvalue weighted by Crippen LogP contribution is -2.15. The van der Waals surface area contributed by atoms with Gasteiger partial charge >= 0.3 is 0 Å². The predicted octanol–water partition coefficient (Wildman–Crippen LogP) is 4.16. The van der Waals surface area contributed by atoms with E-state index in [0.29, 0.717) is 0 Å². The Kier molecular flexibility index (Phi) is 5.74. The van der Waals surface area contributed by atoms with Crippen molar-refractivity contribution in [3.05, 3.63) is 82.2 Å². The van der Waals surface area contributed by atoms with Crippen LogP contribution in [-0.4, -0.2) is 16.9 Å². The van der Waals surface area contributed by atoms with Gasteiger partial charge in [-0.2, -0.15) is 5.10 Å². The number of benzene rings is 2. The van der Waals surface area contributed by atoms with Crippen molar-refractivity contribution >= 4 is 0 Å². The number of hydrogen-bond acceptors (Lipinski definition) is 3. The molecule has 0 radical (unpaired) electrons. The molecule has 0 aliphatic carbocycles. The summed E-state index contributed by atoms with van der Waals surface area (Å²) in [4.78, 5) is 0. The van der Waals surface area contributed by atoms with Gasteiger partial charge < -0.3 is 10.1 Å². The Morgan fingerprint density at radius 1 is 1.00 bits per heavy atom. The van der Waals surface area contributed by atoms with Crippen molar-refractivity contribution in [2.24, 2.45) is 0 Å². The first kappa shape index (κ1) is 18.2. The highest BCUT2D eigenvalue weighted by Crippen LogP contribution is 2.20. The molecule has 1 heterocycles. The quantitative estimate of drug-likeness (QED) is 0.696. The maximum atomic E-state index is 5.46. The monoisotopic (exact) mass is 349 g/mol. The van der Waals surface area contributed by atoms with Crippen LogP contribution in [0.15, 0.2) is 48.5 Å². The second-order valence-electron chi connectivity index (χ2n) is 6.71. The zero-order valence-electron chi connectivity index (χ0n) is 16.0. The fraction of sp³-hybridized carbons (Fsp3) is 0.318. The van der Waals surface area contributed by atoms with Crippen molar-refractivity contribution in [3.8, 4) is 5.75 Å². The van der Waals surface area contributed by atoms with E-state index in [4.69, 9.17) is 9.84 Å². The normalized spacial score (nSPS) is 10.9. The lowest BCUT2D eigenvalue weighted by atomic mass is 10.1. The Balaban J connectivity index is 1.68. The van der Waals surface area contributed by atoms with Gasteiger partial charge in [-0.05, 0) is 32.4 Å². The molecule has 1 N–H and O–H groups in total. The van der Waals surface area contributed by atoms with E-state index in [-0.39, 0.29) is 0 Å². The van der Waals surface area contributed by atoms with Crippen molar-refractivity contribution < 1.29 is 4.74 Å². The third kappa shape index (κ3) is 4.14. The fourth-order valence-corrected chi connectivity index (χ4v) is 3.27.